The molecule has 15 heavy (non-hydrogen) atoms. The monoisotopic (exact) mass is 222 g/mol. The van der Waals surface area contributed by atoms with Crippen LogP contribution in [0.25, 0.3) is 0 Å². The number of halogens is 1. The highest BCUT2D eigenvalue weighted by Gasteiger charge is 2.15. The van der Waals surface area contributed by atoms with E-state index in [4.69, 9.17) is 5.73 Å². The number of hydrogen-bond acceptors (Lipinski definition) is 3. The molecule has 0 saturated heterocycles. The predicted molar refractivity (Wildman–Crippen MR) is 59.3 cm³/mol. The minimum Gasteiger partial charge on any atom is -0.318 e. The summed E-state index contributed by atoms with van der Waals surface area (Å²) in [4.78, 5) is 4.25. The Morgan fingerprint density at radius 3 is 2.73 bits per heavy atom. The Morgan fingerprint density at radius 1 is 1.40 bits per heavy atom. The number of nitrogens with two attached hydrogens (primary N) is 1. The number of nitrogens with zero attached hydrogens (tertiary/aromatic N) is 1. The van der Waals surface area contributed by atoms with Crippen molar-refractivity contribution in [2.45, 2.75) is 13.0 Å². The van der Waals surface area contributed by atoms with E-state index in [-0.39, 0.29) is 5.82 Å². The highest BCUT2D eigenvalue weighted by Crippen LogP contribution is 2.24. The van der Waals surface area contributed by atoms with Crippen LogP contribution in [-0.4, -0.2) is 4.98 Å². The van der Waals surface area contributed by atoms with Crippen LogP contribution in [0.4, 0.5) is 4.39 Å². The van der Waals surface area contributed by atoms with Crippen LogP contribution in [-0.2, 0) is 0 Å². The molecule has 4 heteroatoms. The zero-order valence-electron chi connectivity index (χ0n) is 8.27. The summed E-state index contributed by atoms with van der Waals surface area (Å²) in [6.45, 7) is 1.90. The fourth-order valence-corrected chi connectivity index (χ4v) is 2.19. The van der Waals surface area contributed by atoms with E-state index in [9.17, 15) is 4.39 Å². The summed E-state index contributed by atoms with van der Waals surface area (Å²) in [6.07, 6.45) is 0. The summed E-state index contributed by atoms with van der Waals surface area (Å²) in [7, 11) is 0. The van der Waals surface area contributed by atoms with Crippen LogP contribution in [0, 0.1) is 12.7 Å². The van der Waals surface area contributed by atoms with Gasteiger partial charge in [0, 0.05) is 16.6 Å². The van der Waals surface area contributed by atoms with Crippen LogP contribution in [0.2, 0.25) is 0 Å². The lowest BCUT2D eigenvalue weighted by Crippen LogP contribution is -2.13. The van der Waals surface area contributed by atoms with Crippen molar-refractivity contribution in [3.8, 4) is 0 Å². The lowest BCUT2D eigenvalue weighted by Gasteiger charge is -2.09. The van der Waals surface area contributed by atoms with Crippen molar-refractivity contribution in [1.29, 1.82) is 0 Å². The van der Waals surface area contributed by atoms with Gasteiger partial charge in [-0.1, -0.05) is 18.2 Å². The van der Waals surface area contributed by atoms with Gasteiger partial charge in [0.1, 0.15) is 10.8 Å². The van der Waals surface area contributed by atoms with Gasteiger partial charge in [-0.25, -0.2) is 9.37 Å². The van der Waals surface area contributed by atoms with Crippen molar-refractivity contribution < 1.29 is 4.39 Å². The van der Waals surface area contributed by atoms with Crippen LogP contribution in [0.15, 0.2) is 29.6 Å². The van der Waals surface area contributed by atoms with Gasteiger partial charge < -0.3 is 5.73 Å². The molecule has 1 atom stereocenters. The quantitative estimate of drug-likeness (QED) is 0.848. The average Bonchev–Trinajstić information content (AvgIpc) is 2.65. The van der Waals surface area contributed by atoms with Crippen molar-refractivity contribution in [1.82, 2.24) is 4.98 Å². The zero-order chi connectivity index (χ0) is 10.8. The van der Waals surface area contributed by atoms with Crippen LogP contribution in [0.3, 0.4) is 0 Å². The van der Waals surface area contributed by atoms with E-state index in [1.165, 1.54) is 17.4 Å². The second kappa shape index (κ2) is 4.08. The molecule has 1 aromatic heterocycles. The number of hydrogen-bond donors (Lipinski definition) is 1. The maximum atomic E-state index is 13.4. The summed E-state index contributed by atoms with van der Waals surface area (Å²) in [5.74, 6) is -0.280. The van der Waals surface area contributed by atoms with E-state index >= 15 is 0 Å². The third-order valence-electron chi connectivity index (χ3n) is 2.14. The Bertz CT molecular complexity index is 467. The zero-order valence-corrected chi connectivity index (χ0v) is 9.09. The predicted octanol–water partition coefficient (Wildman–Crippen LogP) is 2.64. The maximum Gasteiger partial charge on any atom is 0.128 e. The standard InChI is InChI=1S/C11H11FN2S/c1-7-6-15-11(14-7)10(13)8-4-2-3-5-9(8)12/h2-6,10H,13H2,1H3. The van der Waals surface area contributed by atoms with Crippen molar-refractivity contribution >= 4 is 11.3 Å². The first-order valence-corrected chi connectivity index (χ1v) is 5.48. The van der Waals surface area contributed by atoms with Gasteiger partial charge in [0.2, 0.25) is 0 Å². The first kappa shape index (κ1) is 10.3. The molecule has 2 aromatic rings. The van der Waals surface area contributed by atoms with E-state index in [0.29, 0.717) is 5.56 Å². The second-order valence-electron chi connectivity index (χ2n) is 3.33. The van der Waals surface area contributed by atoms with Crippen LogP contribution < -0.4 is 5.73 Å². The summed E-state index contributed by atoms with van der Waals surface area (Å²) < 4.78 is 13.4. The van der Waals surface area contributed by atoms with Gasteiger partial charge in [-0.2, -0.15) is 0 Å². The Morgan fingerprint density at radius 2 is 2.13 bits per heavy atom. The molecule has 78 valence electrons. The van der Waals surface area contributed by atoms with E-state index in [1.54, 1.807) is 18.2 Å². The van der Waals surface area contributed by atoms with Crippen molar-refractivity contribution in [2.75, 3.05) is 0 Å². The van der Waals surface area contributed by atoms with E-state index in [2.05, 4.69) is 4.98 Å². The molecule has 0 aliphatic carbocycles. The molecule has 0 aliphatic heterocycles. The first-order valence-electron chi connectivity index (χ1n) is 4.60. The molecule has 0 saturated carbocycles. The summed E-state index contributed by atoms with van der Waals surface area (Å²) >= 11 is 1.46. The van der Waals surface area contributed by atoms with Gasteiger partial charge in [-0.3, -0.25) is 0 Å². The van der Waals surface area contributed by atoms with Crippen LogP contribution >= 0.6 is 11.3 Å². The Kier molecular flexibility index (Phi) is 2.79. The molecule has 2 N–H and O–H groups in total. The Balaban J connectivity index is 2.36. The summed E-state index contributed by atoms with van der Waals surface area (Å²) in [6, 6.07) is 6.06. The minimum absolute atomic E-state index is 0.280. The molecule has 0 fully saturated rings. The molecule has 0 spiro atoms. The summed E-state index contributed by atoms with van der Waals surface area (Å²) in [5.41, 5.74) is 7.35. The molecule has 0 radical (unpaired) electrons. The lowest BCUT2D eigenvalue weighted by molar-refractivity contribution is 0.599. The van der Waals surface area contributed by atoms with Gasteiger partial charge in [0.15, 0.2) is 0 Å². The number of benzene rings is 1. The molecule has 0 amide bonds. The molecule has 2 rings (SSSR count). The third kappa shape index (κ3) is 2.06. The van der Waals surface area contributed by atoms with Crippen molar-refractivity contribution in [3.05, 3.63) is 51.7 Å². The van der Waals surface area contributed by atoms with Crippen molar-refractivity contribution in [2.24, 2.45) is 5.73 Å². The number of thiazole rings is 1. The van der Waals surface area contributed by atoms with Gasteiger partial charge in [0.25, 0.3) is 0 Å². The van der Waals surface area contributed by atoms with Gasteiger partial charge in [-0.15, -0.1) is 11.3 Å². The number of aromatic nitrogens is 1. The molecule has 1 aromatic carbocycles. The SMILES string of the molecule is Cc1csc(C(N)c2ccccc2F)n1. The molecule has 0 aliphatic rings. The maximum absolute atomic E-state index is 13.4. The average molecular weight is 222 g/mol. The molecular formula is C11H11FN2S. The molecule has 2 nitrogen and oxygen atoms in total. The third-order valence-corrected chi connectivity index (χ3v) is 3.19. The fourth-order valence-electron chi connectivity index (χ4n) is 1.38. The number of rotatable bonds is 2. The highest BCUT2D eigenvalue weighted by atomic mass is 32.1. The highest BCUT2D eigenvalue weighted by molar-refractivity contribution is 7.09. The molecule has 1 heterocycles. The van der Waals surface area contributed by atoms with Crippen LogP contribution in [0.1, 0.15) is 22.3 Å². The Labute approximate surface area is 91.6 Å². The van der Waals surface area contributed by atoms with E-state index < -0.39 is 6.04 Å². The molecule has 0 bridgehead atoms. The van der Waals surface area contributed by atoms with Gasteiger partial charge >= 0.3 is 0 Å². The smallest absolute Gasteiger partial charge is 0.128 e. The molecule has 1 unspecified atom stereocenters. The Hall–Kier alpha value is -1.26. The summed E-state index contributed by atoms with van der Waals surface area (Å²) in [5, 5.41) is 2.66. The van der Waals surface area contributed by atoms with E-state index in [1.807, 2.05) is 12.3 Å². The van der Waals surface area contributed by atoms with Gasteiger partial charge in [-0.05, 0) is 13.0 Å². The van der Waals surface area contributed by atoms with E-state index in [0.717, 1.165) is 10.7 Å². The largest absolute Gasteiger partial charge is 0.318 e. The lowest BCUT2D eigenvalue weighted by atomic mass is 10.1. The van der Waals surface area contributed by atoms with Gasteiger partial charge in [0.05, 0.1) is 6.04 Å². The normalized spacial score (nSPS) is 12.7. The van der Waals surface area contributed by atoms with Crippen LogP contribution in [0.5, 0.6) is 0 Å². The first-order chi connectivity index (χ1) is 7.18. The number of aryl methyl sites for hydroxylation is 1. The second-order valence-corrected chi connectivity index (χ2v) is 4.22. The molecular weight excluding hydrogens is 211 g/mol. The fraction of sp³-hybridized carbons (Fsp3) is 0.182. The van der Waals surface area contributed by atoms with Crippen molar-refractivity contribution in [3.63, 3.8) is 0 Å². The topological polar surface area (TPSA) is 38.9 Å². The minimum atomic E-state index is -0.468.